The van der Waals surface area contributed by atoms with Gasteiger partial charge in [-0.3, -0.25) is 14.7 Å². The predicted molar refractivity (Wildman–Crippen MR) is 115 cm³/mol. The molecular formula is C22H28N6O3. The molecule has 2 fully saturated rings. The van der Waals surface area contributed by atoms with Crippen LogP contribution in [0.1, 0.15) is 43.0 Å². The highest BCUT2D eigenvalue weighted by Gasteiger charge is 2.36. The number of rotatable bonds is 3. The quantitative estimate of drug-likeness (QED) is 0.802. The Morgan fingerprint density at radius 2 is 2.03 bits per heavy atom. The largest absolute Gasteiger partial charge is 0.488 e. The smallest absolute Gasteiger partial charge is 0.340 e. The highest BCUT2D eigenvalue weighted by atomic mass is 16.5. The zero-order valence-electron chi connectivity index (χ0n) is 17.8. The molecule has 4 aliphatic heterocycles. The number of anilines is 1. The Morgan fingerprint density at radius 3 is 2.81 bits per heavy atom. The van der Waals surface area contributed by atoms with Crippen LogP contribution in [0, 0.1) is 0 Å². The number of urea groups is 1. The first-order valence-corrected chi connectivity index (χ1v) is 11.1. The van der Waals surface area contributed by atoms with Crippen molar-refractivity contribution in [3.63, 3.8) is 0 Å². The van der Waals surface area contributed by atoms with Crippen molar-refractivity contribution in [2.24, 2.45) is 0 Å². The number of nitrogens with one attached hydrogen (secondary N) is 1. The lowest BCUT2D eigenvalue weighted by Crippen LogP contribution is -2.39. The summed E-state index contributed by atoms with van der Waals surface area (Å²) < 4.78 is 5.87. The van der Waals surface area contributed by atoms with Gasteiger partial charge in [-0.15, -0.1) is 0 Å². The van der Waals surface area contributed by atoms with E-state index in [-0.39, 0.29) is 18.1 Å². The number of hydrazine groups is 1. The summed E-state index contributed by atoms with van der Waals surface area (Å²) in [6.45, 7) is 5.29. The number of ether oxygens (including phenoxy) is 1. The second-order valence-electron chi connectivity index (χ2n) is 8.17. The van der Waals surface area contributed by atoms with Crippen LogP contribution in [-0.2, 0) is 0 Å². The Hall–Kier alpha value is -3.07. The number of allylic oxidation sites excluding steroid dienone is 1. The van der Waals surface area contributed by atoms with E-state index in [1.165, 1.54) is 12.8 Å². The fourth-order valence-electron chi connectivity index (χ4n) is 4.51. The molecular weight excluding hydrogens is 396 g/mol. The molecule has 164 valence electrons. The van der Waals surface area contributed by atoms with Gasteiger partial charge in [-0.05, 0) is 38.0 Å². The van der Waals surface area contributed by atoms with Crippen molar-refractivity contribution in [1.29, 1.82) is 0 Å². The normalized spacial score (nSPS) is 23.2. The highest BCUT2D eigenvalue weighted by Crippen LogP contribution is 2.34. The molecule has 3 amide bonds. The van der Waals surface area contributed by atoms with Gasteiger partial charge in [-0.25, -0.2) is 15.2 Å². The maximum Gasteiger partial charge on any atom is 0.340 e. The van der Waals surface area contributed by atoms with Crippen LogP contribution in [0.25, 0.3) is 0 Å². The molecule has 2 saturated heterocycles. The van der Waals surface area contributed by atoms with Gasteiger partial charge in [0.25, 0.3) is 5.91 Å². The monoisotopic (exact) mass is 424 g/mol. The fourth-order valence-corrected chi connectivity index (χ4v) is 4.51. The van der Waals surface area contributed by atoms with Crippen molar-refractivity contribution in [1.82, 2.24) is 25.2 Å². The van der Waals surface area contributed by atoms with Gasteiger partial charge in [0.1, 0.15) is 12.8 Å². The van der Waals surface area contributed by atoms with Gasteiger partial charge in [0.05, 0.1) is 12.1 Å². The molecule has 9 nitrogen and oxygen atoms in total. The maximum atomic E-state index is 13.0. The Labute approximate surface area is 181 Å². The van der Waals surface area contributed by atoms with Crippen LogP contribution in [0.2, 0.25) is 0 Å². The Balaban J connectivity index is 1.37. The highest BCUT2D eigenvalue weighted by molar-refractivity contribution is 5.95. The summed E-state index contributed by atoms with van der Waals surface area (Å²) in [6.07, 6.45) is 11.6. The van der Waals surface area contributed by atoms with E-state index in [0.29, 0.717) is 36.8 Å². The molecule has 31 heavy (non-hydrogen) atoms. The summed E-state index contributed by atoms with van der Waals surface area (Å²) in [5.74, 6) is 1.34. The number of hydrogen-bond acceptors (Lipinski definition) is 6. The van der Waals surface area contributed by atoms with Crippen LogP contribution in [0.4, 0.5) is 10.6 Å². The van der Waals surface area contributed by atoms with Gasteiger partial charge >= 0.3 is 6.03 Å². The van der Waals surface area contributed by atoms with Crippen molar-refractivity contribution < 1.29 is 14.3 Å². The van der Waals surface area contributed by atoms with Gasteiger partial charge in [0.15, 0.2) is 11.6 Å². The Kier molecular flexibility index (Phi) is 5.27. The van der Waals surface area contributed by atoms with Crippen molar-refractivity contribution in [3.05, 3.63) is 41.9 Å². The predicted octanol–water partition coefficient (Wildman–Crippen LogP) is 2.30. The van der Waals surface area contributed by atoms with Crippen LogP contribution in [-0.4, -0.2) is 70.7 Å². The first-order chi connectivity index (χ1) is 15.2. The third kappa shape index (κ3) is 3.63. The number of hydrogen-bond donors (Lipinski definition) is 1. The van der Waals surface area contributed by atoms with Crippen molar-refractivity contribution >= 4 is 17.8 Å². The van der Waals surface area contributed by atoms with E-state index in [4.69, 9.17) is 4.74 Å². The lowest BCUT2D eigenvalue weighted by Gasteiger charge is -2.33. The number of carbonyl (C=O) groups is 2. The Bertz CT molecular complexity index is 937. The third-order valence-electron chi connectivity index (χ3n) is 6.20. The van der Waals surface area contributed by atoms with Crippen LogP contribution >= 0.6 is 0 Å². The zero-order chi connectivity index (χ0) is 21.4. The second kappa shape index (κ2) is 8.22. The van der Waals surface area contributed by atoms with Gasteiger partial charge in [-0.2, -0.15) is 0 Å². The lowest BCUT2D eigenvalue weighted by molar-refractivity contribution is 0.0760. The van der Waals surface area contributed by atoms with E-state index >= 15 is 0 Å². The van der Waals surface area contributed by atoms with Crippen LogP contribution < -0.4 is 15.1 Å². The molecule has 0 bridgehead atoms. The first kappa shape index (κ1) is 19.9. The topological polar surface area (TPSA) is 81.2 Å². The molecule has 4 aliphatic rings. The zero-order valence-corrected chi connectivity index (χ0v) is 17.8. The molecule has 0 aliphatic carbocycles. The summed E-state index contributed by atoms with van der Waals surface area (Å²) in [5, 5.41) is 1.60. The van der Waals surface area contributed by atoms with Crippen LogP contribution in [0.15, 0.2) is 36.3 Å². The summed E-state index contributed by atoms with van der Waals surface area (Å²) >= 11 is 0. The van der Waals surface area contributed by atoms with E-state index in [0.717, 1.165) is 31.6 Å². The lowest BCUT2D eigenvalue weighted by atomic mass is 10.2. The summed E-state index contributed by atoms with van der Waals surface area (Å²) in [4.78, 5) is 35.6. The molecule has 0 radical (unpaired) electrons. The van der Waals surface area contributed by atoms with Crippen molar-refractivity contribution in [2.45, 2.75) is 38.8 Å². The van der Waals surface area contributed by atoms with Gasteiger partial charge in [0, 0.05) is 37.7 Å². The minimum absolute atomic E-state index is 0.0265. The number of carbonyl (C=O) groups excluding carboxylic acids is 2. The number of aromatic nitrogens is 1. The minimum atomic E-state index is -0.220. The van der Waals surface area contributed by atoms with E-state index in [1.54, 1.807) is 22.3 Å². The number of fused-ring (bicyclic) bond motifs is 2. The Morgan fingerprint density at radius 1 is 1.23 bits per heavy atom. The average Bonchev–Trinajstić information content (AvgIpc) is 2.97. The average molecular weight is 425 g/mol. The number of likely N-dealkylation sites (tertiary alicyclic amines) is 1. The van der Waals surface area contributed by atoms with Gasteiger partial charge in [0.2, 0.25) is 0 Å². The summed E-state index contributed by atoms with van der Waals surface area (Å²) in [6, 6.07) is 1.76. The minimum Gasteiger partial charge on any atom is -0.488 e. The standard InChI is InChI=1S/C22H28N6O3/c1-2-28-22(30)27-10-7-17(14-19(27)24-28)26-11-12-31-18-13-16(15-23-20(18)26)21(29)25-8-5-3-4-6-9-25/h7,10,13-15,19,24H,2-6,8-9,11-12H2,1H3. The maximum absolute atomic E-state index is 13.0. The third-order valence-corrected chi connectivity index (χ3v) is 6.20. The van der Waals surface area contributed by atoms with Gasteiger partial charge < -0.3 is 14.5 Å². The molecule has 1 N–H and O–H groups in total. The van der Waals surface area contributed by atoms with Crippen LogP contribution in [0.3, 0.4) is 0 Å². The molecule has 0 aromatic carbocycles. The molecule has 9 heteroatoms. The SMILES string of the molecule is CCN1NC2C=C(N3CCOc4cc(C(=O)N5CCCCCC5)cnc43)C=CN2C1=O. The van der Waals surface area contributed by atoms with Crippen LogP contribution in [0.5, 0.6) is 5.75 Å². The molecule has 0 saturated carbocycles. The summed E-state index contributed by atoms with van der Waals surface area (Å²) in [7, 11) is 0. The van der Waals surface area contributed by atoms with Crippen molar-refractivity contribution in [2.75, 3.05) is 37.7 Å². The van der Waals surface area contributed by atoms with E-state index in [2.05, 4.69) is 15.3 Å². The fraction of sp³-hybridized carbons (Fsp3) is 0.500. The molecule has 5 rings (SSSR count). The number of pyridine rings is 1. The molecule has 1 unspecified atom stereocenters. The van der Waals surface area contributed by atoms with E-state index in [9.17, 15) is 9.59 Å². The first-order valence-electron chi connectivity index (χ1n) is 11.1. The molecule has 5 heterocycles. The molecule has 1 aromatic rings. The number of amides is 3. The summed E-state index contributed by atoms with van der Waals surface area (Å²) in [5.41, 5.74) is 4.72. The van der Waals surface area contributed by atoms with Crippen molar-refractivity contribution in [3.8, 4) is 5.75 Å². The number of nitrogens with zero attached hydrogens (tertiary/aromatic N) is 5. The van der Waals surface area contributed by atoms with Gasteiger partial charge in [-0.1, -0.05) is 12.8 Å². The van der Waals surface area contributed by atoms with E-state index in [1.807, 2.05) is 30.0 Å². The second-order valence-corrected chi connectivity index (χ2v) is 8.17. The van der Waals surface area contributed by atoms with E-state index < -0.39 is 0 Å². The molecule has 1 atom stereocenters. The molecule has 0 spiro atoms. The molecule has 1 aromatic heterocycles.